The fourth-order valence-corrected chi connectivity index (χ4v) is 13.9. The molecule has 18 rings (SSSR count). The first-order valence-electron chi connectivity index (χ1n) is 27.2. The average molecular weight is 1030 g/mol. The Bertz CT molecular complexity index is 4480. The van der Waals surface area contributed by atoms with Crippen LogP contribution >= 0.6 is 0 Å². The summed E-state index contributed by atoms with van der Waals surface area (Å²) >= 11 is 0. The lowest BCUT2D eigenvalue weighted by molar-refractivity contribution is 0.436. The lowest BCUT2D eigenvalue weighted by Gasteiger charge is -2.41. The number of benzene rings is 10. The van der Waals surface area contributed by atoms with Gasteiger partial charge in [-0.1, -0.05) is 146 Å². The molecule has 0 bridgehead atoms. The van der Waals surface area contributed by atoms with Crippen molar-refractivity contribution in [2.24, 2.45) is 0 Å². The molecule has 374 valence electrons. The van der Waals surface area contributed by atoms with Crippen LogP contribution in [0.5, 0.6) is 23.0 Å². The molecule has 1 aliphatic carbocycles. The maximum absolute atomic E-state index is 7.61. The van der Waals surface area contributed by atoms with Crippen LogP contribution in [0.15, 0.2) is 255 Å². The van der Waals surface area contributed by atoms with Gasteiger partial charge >= 0.3 is 0 Å². The molecule has 14 aromatic rings. The Morgan fingerprint density at radius 2 is 0.675 bits per heavy atom. The van der Waals surface area contributed by atoms with Gasteiger partial charge in [-0.3, -0.25) is 9.97 Å². The van der Waals surface area contributed by atoms with E-state index >= 15 is 0 Å². The Hall–Kier alpha value is -10.7. The molecule has 3 aliphatic heterocycles. The minimum Gasteiger partial charge on any atom is -0.457 e. The van der Waals surface area contributed by atoms with E-state index in [9.17, 15) is 0 Å². The summed E-state index contributed by atoms with van der Waals surface area (Å²) in [4.78, 5) is 15.8. The van der Waals surface area contributed by atoms with Crippen molar-refractivity contribution in [1.82, 2.24) is 19.1 Å². The molecule has 8 heteroatoms. The van der Waals surface area contributed by atoms with Crippen molar-refractivity contribution in [1.29, 1.82) is 0 Å². The second-order valence-electron chi connectivity index (χ2n) is 21.3. The molecule has 0 unspecified atom stereocenters. The Balaban J connectivity index is 0.949. The van der Waals surface area contributed by atoms with Crippen molar-refractivity contribution >= 4 is 77.7 Å². The molecule has 0 saturated heterocycles. The van der Waals surface area contributed by atoms with Crippen LogP contribution in [0.4, 0.5) is 34.1 Å². The van der Waals surface area contributed by atoms with E-state index in [0.717, 1.165) is 131 Å². The molecule has 1 spiro atoms. The van der Waals surface area contributed by atoms with Crippen molar-refractivity contribution in [2.75, 3.05) is 9.80 Å². The van der Waals surface area contributed by atoms with E-state index in [-0.39, 0.29) is 0 Å². The Morgan fingerprint density at radius 1 is 0.312 bits per heavy atom. The number of pyridine rings is 2. The third-order valence-corrected chi connectivity index (χ3v) is 17.2. The molecule has 0 radical (unpaired) electrons. The number of para-hydroxylation sites is 10. The van der Waals surface area contributed by atoms with Crippen LogP contribution in [-0.2, 0) is 11.8 Å². The first-order valence-corrected chi connectivity index (χ1v) is 27.2. The van der Waals surface area contributed by atoms with Gasteiger partial charge in [-0.2, -0.15) is 0 Å². The van der Waals surface area contributed by atoms with Crippen LogP contribution in [-0.4, -0.2) is 19.1 Å². The van der Waals surface area contributed by atoms with Gasteiger partial charge in [0.05, 0.1) is 79.7 Å². The molecule has 0 saturated carbocycles. The van der Waals surface area contributed by atoms with Gasteiger partial charge in [0.1, 0.15) is 11.5 Å². The molecular weight excluding hydrogens is 981 g/mol. The lowest BCUT2D eigenvalue weighted by Crippen LogP contribution is -2.33. The second-order valence-corrected chi connectivity index (χ2v) is 21.3. The molecule has 10 aromatic carbocycles. The molecule has 8 nitrogen and oxygen atoms in total. The molecule has 7 heterocycles. The molecule has 0 fully saturated rings. The fourth-order valence-electron chi connectivity index (χ4n) is 13.9. The van der Waals surface area contributed by atoms with Gasteiger partial charge in [-0.15, -0.1) is 0 Å². The number of fused-ring (bicyclic) bond motifs is 19. The van der Waals surface area contributed by atoms with E-state index in [1.165, 1.54) is 32.7 Å². The number of aromatic nitrogens is 4. The SMILES string of the molecule is c1ccc2c(c1)Cc1ccccc1N2c1ccc2c(c1)Oc1cc(N3c4ccccc4Oc4ccccc43)ccc1C21c2cc(-n3c4ccccc4c4ccccc43)cnc2-c2ncc(-n3c4ccccc4c4ccccc43)cc21. The topological polar surface area (TPSA) is 60.6 Å². The summed E-state index contributed by atoms with van der Waals surface area (Å²) in [6.45, 7) is 0. The van der Waals surface area contributed by atoms with Crippen LogP contribution in [0.3, 0.4) is 0 Å². The zero-order valence-corrected chi connectivity index (χ0v) is 43.0. The Labute approximate surface area is 459 Å². The first-order chi connectivity index (χ1) is 39.7. The normalized spacial score (nSPS) is 13.9. The van der Waals surface area contributed by atoms with Gasteiger partial charge in [0, 0.05) is 79.4 Å². The minimum absolute atomic E-state index is 0.733. The number of rotatable bonds is 4. The molecule has 4 aliphatic rings. The third kappa shape index (κ3) is 5.83. The maximum atomic E-state index is 7.61. The van der Waals surface area contributed by atoms with Crippen LogP contribution in [0.2, 0.25) is 0 Å². The van der Waals surface area contributed by atoms with E-state index in [4.69, 9.17) is 19.4 Å². The zero-order valence-electron chi connectivity index (χ0n) is 43.0. The average Bonchev–Trinajstić information content (AvgIpc) is 4.08. The van der Waals surface area contributed by atoms with E-state index < -0.39 is 5.41 Å². The van der Waals surface area contributed by atoms with E-state index in [1.54, 1.807) is 0 Å². The largest absolute Gasteiger partial charge is 0.457 e. The number of nitrogens with zero attached hydrogens (tertiary/aromatic N) is 6. The number of ether oxygens (including phenoxy) is 2. The second kappa shape index (κ2) is 16.2. The van der Waals surface area contributed by atoms with Gasteiger partial charge in [-0.05, 0) is 96.1 Å². The summed E-state index contributed by atoms with van der Waals surface area (Å²) in [6.07, 6.45) is 4.93. The van der Waals surface area contributed by atoms with E-state index in [0.29, 0.717) is 0 Å². The summed E-state index contributed by atoms with van der Waals surface area (Å²) in [5, 5.41) is 4.75. The van der Waals surface area contributed by atoms with Crippen LogP contribution < -0.4 is 19.3 Å². The smallest absolute Gasteiger partial charge is 0.151 e. The molecule has 0 amide bonds. The molecule has 0 N–H and O–H groups in total. The van der Waals surface area contributed by atoms with Crippen LogP contribution in [0, 0.1) is 0 Å². The highest BCUT2D eigenvalue weighted by Gasteiger charge is 2.53. The highest BCUT2D eigenvalue weighted by atomic mass is 16.5. The number of hydrogen-bond donors (Lipinski definition) is 0. The van der Waals surface area contributed by atoms with Crippen LogP contribution in [0.25, 0.3) is 66.4 Å². The lowest BCUT2D eigenvalue weighted by atomic mass is 9.66. The summed E-state index contributed by atoms with van der Waals surface area (Å²) < 4.78 is 18.9. The predicted octanol–water partition coefficient (Wildman–Crippen LogP) is 18.1. The summed E-state index contributed by atoms with van der Waals surface area (Å²) in [5.74, 6) is 3.05. The van der Waals surface area contributed by atoms with Crippen LogP contribution in [0.1, 0.15) is 33.4 Å². The Kier molecular flexibility index (Phi) is 8.78. The van der Waals surface area contributed by atoms with Gasteiger partial charge < -0.3 is 28.4 Å². The summed E-state index contributed by atoms with van der Waals surface area (Å²) in [5.41, 5.74) is 19.8. The summed E-state index contributed by atoms with van der Waals surface area (Å²) in [6, 6.07) is 87.2. The first kappa shape index (κ1) is 43.4. The fraction of sp³-hybridized carbons (Fsp3) is 0.0278. The van der Waals surface area contributed by atoms with Crippen molar-refractivity contribution in [2.45, 2.75) is 11.8 Å². The zero-order chi connectivity index (χ0) is 52.2. The van der Waals surface area contributed by atoms with E-state index in [2.05, 4.69) is 237 Å². The predicted molar refractivity (Wildman–Crippen MR) is 320 cm³/mol. The summed E-state index contributed by atoms with van der Waals surface area (Å²) in [7, 11) is 0. The van der Waals surface area contributed by atoms with E-state index in [1.807, 2.05) is 36.7 Å². The molecular formula is C72H44N6O2. The number of anilines is 6. The maximum Gasteiger partial charge on any atom is 0.151 e. The standard InChI is InChI=1S/C72H44N6O2/c1-7-23-58-44(17-1)37-45-18-2-8-24-59(45)75(58)46-33-35-54-68(40-46)80-69-41-47(76-64-29-13-15-31-66(64)79-67-32-16-14-30-65(67)76)34-36-55(69)72(54)56-38-48(77-60-25-9-3-19-50(60)51-20-4-10-26-61(51)77)42-73-70(56)71-57(72)39-49(43-74-71)78-62-27-11-5-21-52(62)53-22-6-12-28-63(53)78/h1-36,38-43H,37H2. The van der Waals surface area contributed by atoms with Gasteiger partial charge in [0.15, 0.2) is 11.5 Å². The monoisotopic (exact) mass is 1020 g/mol. The van der Waals surface area contributed by atoms with Crippen molar-refractivity contribution in [3.8, 4) is 45.8 Å². The molecule has 0 atom stereocenters. The minimum atomic E-state index is -0.993. The molecule has 80 heavy (non-hydrogen) atoms. The van der Waals surface area contributed by atoms with Crippen molar-refractivity contribution in [3.63, 3.8) is 0 Å². The number of hydrogen-bond acceptors (Lipinski definition) is 6. The van der Waals surface area contributed by atoms with Gasteiger partial charge in [-0.25, -0.2) is 0 Å². The van der Waals surface area contributed by atoms with Crippen molar-refractivity contribution < 1.29 is 9.47 Å². The quantitative estimate of drug-likeness (QED) is 0.175. The molecule has 4 aromatic heterocycles. The van der Waals surface area contributed by atoms with Gasteiger partial charge in [0.25, 0.3) is 0 Å². The third-order valence-electron chi connectivity index (χ3n) is 17.2. The highest BCUT2D eigenvalue weighted by Crippen LogP contribution is 2.64. The van der Waals surface area contributed by atoms with Gasteiger partial charge in [0.2, 0.25) is 0 Å². The highest BCUT2D eigenvalue weighted by molar-refractivity contribution is 6.10. The van der Waals surface area contributed by atoms with Crippen molar-refractivity contribution in [3.05, 3.63) is 288 Å². The Morgan fingerprint density at radius 3 is 1.12 bits per heavy atom.